The lowest BCUT2D eigenvalue weighted by Crippen LogP contribution is -2.60. The molecule has 2 aliphatic rings. The molecule has 0 spiro atoms. The predicted molar refractivity (Wildman–Crippen MR) is 125 cm³/mol. The number of aromatic amines is 1. The first kappa shape index (κ1) is 21.5. The van der Waals surface area contributed by atoms with Gasteiger partial charge in [0, 0.05) is 23.3 Å². The molecule has 1 amide bonds. The Morgan fingerprint density at radius 2 is 2.03 bits per heavy atom. The third kappa shape index (κ3) is 3.86. The molecule has 5 rings (SSSR count). The van der Waals surface area contributed by atoms with Crippen molar-refractivity contribution in [3.63, 3.8) is 0 Å². The number of fused-ring (bicyclic) bond motifs is 4. The number of para-hydroxylation sites is 1. The molecule has 0 unspecified atom stereocenters. The third-order valence-corrected chi connectivity index (χ3v) is 6.73. The number of benzene rings is 2. The van der Waals surface area contributed by atoms with Gasteiger partial charge in [0.25, 0.3) is 6.17 Å². The minimum absolute atomic E-state index is 0.150. The number of nitrogens with one attached hydrogen (secondary N) is 1. The lowest BCUT2D eigenvalue weighted by molar-refractivity contribution is -0.763. The number of H-pyrrole nitrogens is 1. The maximum Gasteiger partial charge on any atom is 0.325 e. The molecule has 0 saturated carbocycles. The van der Waals surface area contributed by atoms with Gasteiger partial charge < -0.3 is 9.47 Å². The molecule has 0 fully saturated rings. The maximum absolute atomic E-state index is 13.3. The summed E-state index contributed by atoms with van der Waals surface area (Å²) in [5.41, 5.74) is 2.30. The summed E-state index contributed by atoms with van der Waals surface area (Å²) >= 11 is 1.52. The number of unbranched alkanes of at least 4 members (excludes halogenated alkanes) is 2. The van der Waals surface area contributed by atoms with Crippen LogP contribution in [-0.2, 0) is 4.79 Å². The van der Waals surface area contributed by atoms with E-state index >= 15 is 0 Å². The minimum atomic E-state index is -0.640. The van der Waals surface area contributed by atoms with Gasteiger partial charge in [0.15, 0.2) is 11.5 Å². The van der Waals surface area contributed by atoms with Crippen LogP contribution in [0.5, 0.6) is 11.5 Å². The summed E-state index contributed by atoms with van der Waals surface area (Å²) in [7, 11) is 0. The number of carbonyl (C=O) groups excluding carboxylic acids is 1. The summed E-state index contributed by atoms with van der Waals surface area (Å²) in [5, 5.41) is 5.35. The molecule has 0 aliphatic carbocycles. The average Bonchev–Trinajstić information content (AvgIpc) is 3.28. The molecule has 1 aromatic heterocycles. The molecule has 1 N–H and O–H groups in total. The number of anilines is 1. The van der Waals surface area contributed by atoms with Gasteiger partial charge in [-0.25, -0.2) is 4.90 Å². The largest absolute Gasteiger partial charge is 0.454 e. The quantitative estimate of drug-likeness (QED) is 0.340. The van der Waals surface area contributed by atoms with Gasteiger partial charge in [-0.2, -0.15) is 0 Å². The Hall–Kier alpha value is -3.33. The highest BCUT2D eigenvalue weighted by atomic mass is 32.2. The third-order valence-electron chi connectivity index (χ3n) is 5.78. The summed E-state index contributed by atoms with van der Waals surface area (Å²) in [6.07, 6.45) is 2.65. The molecule has 2 aliphatic heterocycles. The second kappa shape index (κ2) is 8.90. The van der Waals surface area contributed by atoms with Crippen LogP contribution in [-0.4, -0.2) is 28.5 Å². The van der Waals surface area contributed by atoms with Crippen LogP contribution in [0.2, 0.25) is 0 Å². The Bertz CT molecular complexity index is 1280. The summed E-state index contributed by atoms with van der Waals surface area (Å²) in [4.78, 5) is 30.9. The number of nitrogens with zero attached hydrogens (tertiary/aromatic N) is 3. The zero-order chi connectivity index (χ0) is 22.9. The van der Waals surface area contributed by atoms with Crippen LogP contribution < -0.4 is 24.6 Å². The molecule has 8 nitrogen and oxygen atoms in total. The molecular formula is C24H25N4O4S+. The van der Waals surface area contributed by atoms with Gasteiger partial charge in [0.2, 0.25) is 17.9 Å². The number of ether oxygens (including phenoxy) is 2. The van der Waals surface area contributed by atoms with E-state index in [9.17, 15) is 9.59 Å². The highest BCUT2D eigenvalue weighted by molar-refractivity contribution is 7.99. The first-order chi connectivity index (χ1) is 16.1. The first-order valence-corrected chi connectivity index (χ1v) is 12.0. The number of rotatable bonds is 6. The molecule has 1 atom stereocenters. The number of thioether (sulfide) groups is 1. The molecule has 0 radical (unpaired) electrons. The molecular weight excluding hydrogens is 440 g/mol. The zero-order valence-electron chi connectivity index (χ0n) is 18.5. The fraction of sp³-hybridized carbons (Fsp3) is 0.333. The second-order valence-electron chi connectivity index (χ2n) is 8.00. The highest BCUT2D eigenvalue weighted by Crippen LogP contribution is 2.40. The number of aromatic nitrogens is 3. The second-order valence-corrected chi connectivity index (χ2v) is 9.08. The zero-order valence-corrected chi connectivity index (χ0v) is 19.4. The van der Waals surface area contributed by atoms with Crippen molar-refractivity contribution >= 4 is 23.4 Å². The summed E-state index contributed by atoms with van der Waals surface area (Å²) in [6, 6.07) is 13.0. The van der Waals surface area contributed by atoms with Crippen LogP contribution in [0.4, 0.5) is 5.69 Å². The van der Waals surface area contributed by atoms with E-state index in [1.807, 2.05) is 42.5 Å². The Kier molecular flexibility index (Phi) is 5.80. The van der Waals surface area contributed by atoms with Crippen LogP contribution in [0, 0.1) is 0 Å². The normalized spacial score (nSPS) is 15.8. The monoisotopic (exact) mass is 465 g/mol. The number of amides is 1. The van der Waals surface area contributed by atoms with Gasteiger partial charge in [0.1, 0.15) is 0 Å². The molecule has 9 heteroatoms. The molecule has 3 heterocycles. The standard InChI is InChI=1S/C24H24N4O4S/c1-3-4-7-12-33-24-25-22(30)21-17-8-5-6-9-18(17)27(15(2)29)23(28(21)26-24)16-10-11-19-20(13-16)32-14-31-19/h5-6,8-11,13,23H,3-4,7,12,14H2,1-2H3/p+1/t23-/m1/s1. The number of hydrogen-bond donors (Lipinski definition) is 1. The predicted octanol–water partition coefficient (Wildman–Crippen LogP) is 3.65. The lowest BCUT2D eigenvalue weighted by atomic mass is 10.0. The van der Waals surface area contributed by atoms with Gasteiger partial charge in [-0.3, -0.25) is 14.6 Å². The maximum atomic E-state index is 13.3. The fourth-order valence-corrected chi connectivity index (χ4v) is 5.13. The lowest BCUT2D eigenvalue weighted by Gasteiger charge is -2.31. The molecule has 0 saturated heterocycles. The Labute approximate surface area is 195 Å². The van der Waals surface area contributed by atoms with Gasteiger partial charge >= 0.3 is 11.3 Å². The highest BCUT2D eigenvalue weighted by Gasteiger charge is 2.45. The van der Waals surface area contributed by atoms with Crippen LogP contribution in [0.3, 0.4) is 0 Å². The van der Waals surface area contributed by atoms with E-state index in [1.54, 1.807) is 9.58 Å². The van der Waals surface area contributed by atoms with E-state index in [-0.39, 0.29) is 18.3 Å². The Balaban J connectivity index is 1.69. The number of carbonyl (C=O) groups is 1. The van der Waals surface area contributed by atoms with Gasteiger partial charge in [-0.1, -0.05) is 43.7 Å². The van der Waals surface area contributed by atoms with E-state index in [0.717, 1.165) is 30.6 Å². The minimum Gasteiger partial charge on any atom is -0.454 e. The van der Waals surface area contributed by atoms with Gasteiger partial charge in [-0.15, -0.1) is 0 Å². The van der Waals surface area contributed by atoms with Gasteiger partial charge in [-0.05, 0) is 41.4 Å². The number of hydrogen-bond acceptors (Lipinski definition) is 6. The van der Waals surface area contributed by atoms with Crippen molar-refractivity contribution in [2.75, 3.05) is 17.4 Å². The van der Waals surface area contributed by atoms with Crippen LogP contribution in [0.15, 0.2) is 52.4 Å². The fourth-order valence-electron chi connectivity index (χ4n) is 4.27. The van der Waals surface area contributed by atoms with E-state index in [4.69, 9.17) is 14.6 Å². The van der Waals surface area contributed by atoms with Crippen molar-refractivity contribution in [3.05, 3.63) is 58.4 Å². The SMILES string of the molecule is CCCCCSc1n[n+]2c(c(=O)[nH]1)-c1ccccc1N(C(C)=O)[C@H]2c1ccc2c(c1)OCO2. The summed E-state index contributed by atoms with van der Waals surface area (Å²) < 4.78 is 12.7. The van der Waals surface area contributed by atoms with Crippen molar-refractivity contribution in [1.29, 1.82) is 0 Å². The van der Waals surface area contributed by atoms with Crippen molar-refractivity contribution in [1.82, 2.24) is 10.1 Å². The van der Waals surface area contributed by atoms with Gasteiger partial charge in [0.05, 0.1) is 11.3 Å². The average molecular weight is 466 g/mol. The van der Waals surface area contributed by atoms with Crippen molar-refractivity contribution in [3.8, 4) is 22.8 Å². The van der Waals surface area contributed by atoms with E-state index in [1.165, 1.54) is 18.7 Å². The molecule has 33 heavy (non-hydrogen) atoms. The topological polar surface area (TPSA) is 88.4 Å². The molecule has 2 aromatic carbocycles. The van der Waals surface area contributed by atoms with Crippen LogP contribution in [0.1, 0.15) is 44.8 Å². The summed E-state index contributed by atoms with van der Waals surface area (Å²) in [5.74, 6) is 1.97. The Morgan fingerprint density at radius 1 is 1.21 bits per heavy atom. The van der Waals surface area contributed by atoms with Crippen molar-refractivity contribution in [2.24, 2.45) is 0 Å². The summed E-state index contributed by atoms with van der Waals surface area (Å²) in [6.45, 7) is 3.84. The first-order valence-electron chi connectivity index (χ1n) is 11.1. The smallest absolute Gasteiger partial charge is 0.325 e. The van der Waals surface area contributed by atoms with Crippen LogP contribution in [0.25, 0.3) is 11.3 Å². The molecule has 170 valence electrons. The van der Waals surface area contributed by atoms with E-state index in [0.29, 0.717) is 33.6 Å². The van der Waals surface area contributed by atoms with E-state index in [2.05, 4.69) is 11.9 Å². The van der Waals surface area contributed by atoms with Crippen molar-refractivity contribution in [2.45, 2.75) is 44.4 Å². The van der Waals surface area contributed by atoms with E-state index < -0.39 is 6.17 Å². The van der Waals surface area contributed by atoms with Crippen molar-refractivity contribution < 1.29 is 19.0 Å². The van der Waals surface area contributed by atoms with Crippen LogP contribution >= 0.6 is 11.8 Å². The Morgan fingerprint density at radius 3 is 2.85 bits per heavy atom. The molecule has 3 aromatic rings. The molecule has 0 bridgehead atoms.